The first kappa shape index (κ1) is 19.6. The fourth-order valence-corrected chi connectivity index (χ4v) is 2.57. The molecule has 0 aliphatic heterocycles. The van der Waals surface area contributed by atoms with E-state index in [9.17, 15) is 9.59 Å². The second-order valence-corrected chi connectivity index (χ2v) is 6.02. The molecule has 0 aliphatic carbocycles. The molecule has 0 spiro atoms. The Morgan fingerprint density at radius 1 is 0.889 bits per heavy atom. The average molecular weight is 368 g/mol. The normalized spacial score (nSPS) is 10.7. The zero-order valence-corrected chi connectivity index (χ0v) is 15.1. The first-order chi connectivity index (χ1) is 12.8. The zero-order valence-electron chi connectivity index (χ0n) is 15.1. The Kier molecular flexibility index (Phi) is 6.27. The van der Waals surface area contributed by atoms with Gasteiger partial charge in [0.2, 0.25) is 11.8 Å². The van der Waals surface area contributed by atoms with Crippen LogP contribution in [0.2, 0.25) is 0 Å². The molecule has 0 bridgehead atoms. The van der Waals surface area contributed by atoms with Gasteiger partial charge in [-0.05, 0) is 42.8 Å². The van der Waals surface area contributed by atoms with Gasteiger partial charge in [-0.3, -0.25) is 9.59 Å². The van der Waals surface area contributed by atoms with E-state index in [1.807, 2.05) is 19.1 Å². The number of benzene rings is 2. The van der Waals surface area contributed by atoms with Crippen LogP contribution >= 0.6 is 0 Å². The Balaban J connectivity index is 1.87. The summed E-state index contributed by atoms with van der Waals surface area (Å²) in [6.07, 6.45) is 3.86. The van der Waals surface area contributed by atoms with Gasteiger partial charge < -0.3 is 33.6 Å². The van der Waals surface area contributed by atoms with E-state index in [1.54, 1.807) is 24.3 Å². The summed E-state index contributed by atoms with van der Waals surface area (Å²) in [4.78, 5) is 22.3. The number of nitrogens with two attached hydrogens (primary N) is 4. The summed E-state index contributed by atoms with van der Waals surface area (Å²) in [6, 6.07) is 8.13. The number of anilines is 4. The van der Waals surface area contributed by atoms with Crippen molar-refractivity contribution in [2.24, 2.45) is 11.5 Å². The Morgan fingerprint density at radius 2 is 1.48 bits per heavy atom. The molecule has 0 heterocycles. The standard InChI is InChI=1S/C19H24N6O2/c1-11-8-13(19(23)27)10-15(21)17(11)25-7-3-2-6-24-16-5-4-12(18(22)26)9-14(16)20/h2-5,8-10,24-25H,6-7,20-21H2,1H3,(H2,22,26)(H2,23,27)/b3-2+. The number of amides is 2. The van der Waals surface area contributed by atoms with Gasteiger partial charge in [-0.1, -0.05) is 12.2 Å². The minimum atomic E-state index is -0.516. The highest BCUT2D eigenvalue weighted by molar-refractivity contribution is 5.96. The van der Waals surface area contributed by atoms with Crippen LogP contribution in [0.15, 0.2) is 42.5 Å². The van der Waals surface area contributed by atoms with Crippen LogP contribution in [-0.4, -0.2) is 24.9 Å². The molecule has 0 aromatic heterocycles. The maximum atomic E-state index is 11.2. The molecule has 0 saturated heterocycles. The van der Waals surface area contributed by atoms with Crippen molar-refractivity contribution in [2.45, 2.75) is 6.92 Å². The number of aryl methyl sites for hydroxylation is 1. The molecule has 0 aliphatic rings. The van der Waals surface area contributed by atoms with Crippen molar-refractivity contribution < 1.29 is 9.59 Å². The number of carbonyl (C=O) groups excluding carboxylic acids is 2. The van der Waals surface area contributed by atoms with Crippen LogP contribution in [0, 0.1) is 6.92 Å². The summed E-state index contributed by atoms with van der Waals surface area (Å²) in [5.74, 6) is -1.02. The predicted molar refractivity (Wildman–Crippen MR) is 110 cm³/mol. The Morgan fingerprint density at radius 3 is 2.04 bits per heavy atom. The van der Waals surface area contributed by atoms with E-state index in [-0.39, 0.29) is 0 Å². The molecule has 2 aromatic carbocycles. The van der Waals surface area contributed by atoms with Crippen LogP contribution in [0.4, 0.5) is 22.7 Å². The molecule has 0 unspecified atom stereocenters. The molecule has 8 heteroatoms. The van der Waals surface area contributed by atoms with Crippen LogP contribution in [0.1, 0.15) is 26.3 Å². The van der Waals surface area contributed by atoms with Crippen molar-refractivity contribution in [1.29, 1.82) is 0 Å². The van der Waals surface area contributed by atoms with Gasteiger partial charge in [-0.2, -0.15) is 0 Å². The van der Waals surface area contributed by atoms with E-state index in [2.05, 4.69) is 10.6 Å². The van der Waals surface area contributed by atoms with Gasteiger partial charge in [0.15, 0.2) is 0 Å². The Hall–Kier alpha value is -3.68. The van der Waals surface area contributed by atoms with Gasteiger partial charge in [-0.15, -0.1) is 0 Å². The third-order valence-electron chi connectivity index (χ3n) is 3.96. The van der Waals surface area contributed by atoms with Crippen LogP contribution in [0.25, 0.3) is 0 Å². The second kappa shape index (κ2) is 8.61. The number of hydrogen-bond acceptors (Lipinski definition) is 6. The number of primary amides is 2. The van der Waals surface area contributed by atoms with E-state index < -0.39 is 11.8 Å². The fourth-order valence-electron chi connectivity index (χ4n) is 2.57. The van der Waals surface area contributed by atoms with Gasteiger partial charge in [0.05, 0.1) is 22.7 Å². The predicted octanol–water partition coefficient (Wildman–Crippen LogP) is 1.44. The van der Waals surface area contributed by atoms with Gasteiger partial charge >= 0.3 is 0 Å². The first-order valence-corrected chi connectivity index (χ1v) is 8.31. The molecule has 0 radical (unpaired) electrons. The molecular weight excluding hydrogens is 344 g/mol. The fraction of sp³-hybridized carbons (Fsp3) is 0.158. The quantitative estimate of drug-likeness (QED) is 0.305. The maximum absolute atomic E-state index is 11.2. The van der Waals surface area contributed by atoms with E-state index in [4.69, 9.17) is 22.9 Å². The molecule has 2 rings (SSSR count). The van der Waals surface area contributed by atoms with Crippen LogP contribution < -0.4 is 33.6 Å². The minimum absolute atomic E-state index is 0.369. The van der Waals surface area contributed by atoms with Crippen molar-refractivity contribution in [3.8, 4) is 0 Å². The summed E-state index contributed by atoms with van der Waals surface area (Å²) in [5, 5.41) is 6.36. The van der Waals surface area contributed by atoms with E-state index >= 15 is 0 Å². The van der Waals surface area contributed by atoms with Gasteiger partial charge in [0, 0.05) is 24.2 Å². The summed E-state index contributed by atoms with van der Waals surface area (Å²) in [5.41, 5.74) is 26.4. The number of nitrogens with one attached hydrogen (secondary N) is 2. The monoisotopic (exact) mass is 368 g/mol. The van der Waals surface area contributed by atoms with Crippen molar-refractivity contribution in [2.75, 3.05) is 35.2 Å². The molecular formula is C19H24N6O2. The minimum Gasteiger partial charge on any atom is -0.397 e. The van der Waals surface area contributed by atoms with Crippen molar-refractivity contribution in [1.82, 2.24) is 0 Å². The van der Waals surface area contributed by atoms with Gasteiger partial charge in [-0.25, -0.2) is 0 Å². The lowest BCUT2D eigenvalue weighted by atomic mass is 10.1. The Labute approximate surface area is 157 Å². The van der Waals surface area contributed by atoms with Crippen molar-refractivity contribution in [3.63, 3.8) is 0 Å². The topological polar surface area (TPSA) is 162 Å². The lowest BCUT2D eigenvalue weighted by molar-refractivity contribution is 0.0992. The van der Waals surface area contributed by atoms with Crippen LogP contribution in [-0.2, 0) is 0 Å². The molecule has 0 atom stereocenters. The largest absolute Gasteiger partial charge is 0.397 e. The third kappa shape index (κ3) is 5.15. The number of nitrogen functional groups attached to an aromatic ring is 2. The molecule has 8 nitrogen and oxygen atoms in total. The van der Waals surface area contributed by atoms with Gasteiger partial charge in [0.1, 0.15) is 0 Å². The molecule has 2 aromatic rings. The smallest absolute Gasteiger partial charge is 0.248 e. The molecule has 27 heavy (non-hydrogen) atoms. The molecule has 142 valence electrons. The summed E-state index contributed by atoms with van der Waals surface area (Å²) < 4.78 is 0. The van der Waals surface area contributed by atoms with Crippen LogP contribution in [0.3, 0.4) is 0 Å². The number of carbonyl (C=O) groups is 2. The lowest BCUT2D eigenvalue weighted by Gasteiger charge is -2.12. The molecule has 10 N–H and O–H groups in total. The van der Waals surface area contributed by atoms with Crippen molar-refractivity contribution in [3.05, 3.63) is 59.2 Å². The molecule has 0 fully saturated rings. The van der Waals surface area contributed by atoms with Gasteiger partial charge in [0.25, 0.3) is 0 Å². The van der Waals surface area contributed by atoms with E-state index in [1.165, 1.54) is 6.07 Å². The summed E-state index contributed by atoms with van der Waals surface area (Å²) in [6.45, 7) is 2.96. The van der Waals surface area contributed by atoms with Crippen molar-refractivity contribution >= 4 is 34.6 Å². The SMILES string of the molecule is Cc1cc(C(N)=O)cc(N)c1NC/C=C/CNc1ccc(C(N)=O)cc1N. The number of hydrogen-bond donors (Lipinski definition) is 6. The maximum Gasteiger partial charge on any atom is 0.248 e. The average Bonchev–Trinajstić information content (AvgIpc) is 2.60. The molecule has 2 amide bonds. The highest BCUT2D eigenvalue weighted by atomic mass is 16.1. The van der Waals surface area contributed by atoms with E-state index in [0.717, 1.165) is 16.9 Å². The van der Waals surface area contributed by atoms with E-state index in [0.29, 0.717) is 35.6 Å². The highest BCUT2D eigenvalue weighted by Crippen LogP contribution is 2.25. The lowest BCUT2D eigenvalue weighted by Crippen LogP contribution is -2.13. The van der Waals surface area contributed by atoms with Crippen LogP contribution in [0.5, 0.6) is 0 Å². The Bertz CT molecular complexity index is 869. The zero-order chi connectivity index (χ0) is 20.0. The second-order valence-electron chi connectivity index (χ2n) is 6.02. The summed E-state index contributed by atoms with van der Waals surface area (Å²) >= 11 is 0. The highest BCUT2D eigenvalue weighted by Gasteiger charge is 2.08. The first-order valence-electron chi connectivity index (χ1n) is 8.31. The number of rotatable bonds is 8. The molecule has 0 saturated carbocycles. The summed E-state index contributed by atoms with van der Waals surface area (Å²) in [7, 11) is 0. The third-order valence-corrected chi connectivity index (χ3v) is 3.96.